The predicted octanol–water partition coefficient (Wildman–Crippen LogP) is 3.91. The van der Waals surface area contributed by atoms with Crippen molar-refractivity contribution >= 4 is 53.1 Å². The zero-order chi connectivity index (χ0) is 19.2. The lowest BCUT2D eigenvalue weighted by molar-refractivity contribution is 0.507. The average molecular weight is 525 g/mol. The second kappa shape index (κ2) is 11.1. The number of hydrogen-bond donors (Lipinski definition) is 2. The van der Waals surface area contributed by atoms with Gasteiger partial charge in [0.25, 0.3) is 0 Å². The van der Waals surface area contributed by atoms with Crippen molar-refractivity contribution in [2.75, 3.05) is 20.1 Å². The summed E-state index contributed by atoms with van der Waals surface area (Å²) in [6.07, 6.45) is 2.62. The highest BCUT2D eigenvalue weighted by Gasteiger charge is 2.21. The molecule has 0 amide bonds. The van der Waals surface area contributed by atoms with Gasteiger partial charge in [0.2, 0.25) is 0 Å². The summed E-state index contributed by atoms with van der Waals surface area (Å²) in [4.78, 5) is 4.28. The molecule has 0 bridgehead atoms. The molecule has 27 heavy (non-hydrogen) atoms. The molecule has 2 aromatic rings. The molecular weight excluding hydrogens is 498 g/mol. The highest BCUT2D eigenvalue weighted by atomic mass is 127. The van der Waals surface area contributed by atoms with E-state index in [4.69, 9.17) is 23.2 Å². The molecule has 1 heterocycles. The van der Waals surface area contributed by atoms with Crippen LogP contribution in [0.25, 0.3) is 0 Å². The van der Waals surface area contributed by atoms with Gasteiger partial charge in [-0.2, -0.15) is 0 Å². The lowest BCUT2D eigenvalue weighted by Gasteiger charge is -2.27. The Balaban J connectivity index is 0.00000364. The van der Waals surface area contributed by atoms with E-state index in [1.165, 1.54) is 0 Å². The molecule has 0 saturated heterocycles. The van der Waals surface area contributed by atoms with E-state index in [1.54, 1.807) is 13.4 Å². The van der Waals surface area contributed by atoms with Crippen LogP contribution in [-0.2, 0) is 18.4 Å². The van der Waals surface area contributed by atoms with E-state index in [0.29, 0.717) is 16.6 Å². The zero-order valence-electron chi connectivity index (χ0n) is 16.1. The second-order valence-electron chi connectivity index (χ2n) is 6.66. The van der Waals surface area contributed by atoms with Gasteiger partial charge in [0.1, 0.15) is 12.2 Å². The van der Waals surface area contributed by atoms with E-state index in [9.17, 15) is 0 Å². The molecule has 6 nitrogen and oxygen atoms in total. The van der Waals surface area contributed by atoms with Crippen LogP contribution in [0.3, 0.4) is 0 Å². The van der Waals surface area contributed by atoms with Crippen LogP contribution in [0.15, 0.2) is 29.5 Å². The third-order valence-corrected chi connectivity index (χ3v) is 5.02. The number of halogens is 3. The topological polar surface area (TPSA) is 67.1 Å². The molecule has 2 N–H and O–H groups in total. The number of nitrogens with zero attached hydrogens (tertiary/aromatic N) is 4. The van der Waals surface area contributed by atoms with Crippen molar-refractivity contribution in [3.05, 3.63) is 46.0 Å². The van der Waals surface area contributed by atoms with Gasteiger partial charge in [0, 0.05) is 38.5 Å². The molecule has 0 radical (unpaired) electrons. The fourth-order valence-electron chi connectivity index (χ4n) is 2.58. The number of guanidine groups is 1. The smallest absolute Gasteiger partial charge is 0.191 e. The highest BCUT2D eigenvalue weighted by molar-refractivity contribution is 14.0. The average Bonchev–Trinajstić information content (AvgIpc) is 3.07. The summed E-state index contributed by atoms with van der Waals surface area (Å²) >= 11 is 12.2. The van der Waals surface area contributed by atoms with Crippen molar-refractivity contribution in [3.8, 4) is 0 Å². The van der Waals surface area contributed by atoms with E-state index in [2.05, 4.69) is 46.6 Å². The summed E-state index contributed by atoms with van der Waals surface area (Å²) in [6, 6.07) is 5.75. The SMILES string of the molecule is CCc1nncn1CCNC(=NC)NCC(C)(C)c1ccc(Cl)c(Cl)c1.I. The summed E-state index contributed by atoms with van der Waals surface area (Å²) < 4.78 is 2.04. The maximum atomic E-state index is 6.15. The van der Waals surface area contributed by atoms with Gasteiger partial charge in [-0.05, 0) is 17.7 Å². The number of aliphatic imine (C=N–C) groups is 1. The minimum Gasteiger partial charge on any atom is -0.356 e. The first-order valence-electron chi connectivity index (χ1n) is 8.64. The second-order valence-corrected chi connectivity index (χ2v) is 7.47. The molecule has 9 heteroatoms. The molecule has 0 aliphatic heterocycles. The molecule has 0 aliphatic carbocycles. The van der Waals surface area contributed by atoms with Crippen molar-refractivity contribution in [2.45, 2.75) is 39.2 Å². The summed E-state index contributed by atoms with van der Waals surface area (Å²) in [5.74, 6) is 1.74. The van der Waals surface area contributed by atoms with Gasteiger partial charge in [0.05, 0.1) is 10.0 Å². The van der Waals surface area contributed by atoms with Crippen molar-refractivity contribution in [2.24, 2.45) is 4.99 Å². The van der Waals surface area contributed by atoms with E-state index >= 15 is 0 Å². The van der Waals surface area contributed by atoms with Crippen molar-refractivity contribution in [1.82, 2.24) is 25.4 Å². The van der Waals surface area contributed by atoms with Gasteiger partial charge in [-0.15, -0.1) is 34.2 Å². The molecule has 0 saturated carbocycles. The van der Waals surface area contributed by atoms with Crippen LogP contribution < -0.4 is 10.6 Å². The van der Waals surface area contributed by atoms with Gasteiger partial charge in [-0.3, -0.25) is 4.99 Å². The van der Waals surface area contributed by atoms with Gasteiger partial charge >= 0.3 is 0 Å². The Morgan fingerprint density at radius 1 is 1.22 bits per heavy atom. The van der Waals surface area contributed by atoms with E-state index in [1.807, 2.05) is 22.8 Å². The lowest BCUT2D eigenvalue weighted by atomic mass is 9.84. The number of nitrogens with one attached hydrogen (secondary N) is 2. The fourth-order valence-corrected chi connectivity index (χ4v) is 2.88. The van der Waals surface area contributed by atoms with Crippen LogP contribution in [0.4, 0.5) is 0 Å². The molecule has 0 fully saturated rings. The molecule has 2 rings (SSSR count). The number of aromatic nitrogens is 3. The first kappa shape index (κ1) is 24.0. The van der Waals surface area contributed by atoms with E-state index < -0.39 is 0 Å². The minimum atomic E-state index is -0.129. The Hall–Kier alpha value is -1.06. The third kappa shape index (κ3) is 6.80. The number of hydrogen-bond acceptors (Lipinski definition) is 3. The first-order valence-corrected chi connectivity index (χ1v) is 9.39. The number of aryl methyl sites for hydroxylation is 1. The molecule has 0 spiro atoms. The largest absolute Gasteiger partial charge is 0.356 e. The maximum absolute atomic E-state index is 6.15. The Kier molecular flexibility index (Phi) is 9.83. The van der Waals surface area contributed by atoms with Crippen LogP contribution in [0.1, 0.15) is 32.2 Å². The molecular formula is C18H27Cl2IN6. The highest BCUT2D eigenvalue weighted by Crippen LogP contribution is 2.29. The Bertz CT molecular complexity index is 760. The van der Waals surface area contributed by atoms with E-state index in [-0.39, 0.29) is 29.4 Å². The van der Waals surface area contributed by atoms with Crippen molar-refractivity contribution in [3.63, 3.8) is 0 Å². The van der Waals surface area contributed by atoms with Gasteiger partial charge in [0.15, 0.2) is 5.96 Å². The number of rotatable bonds is 7. The predicted molar refractivity (Wildman–Crippen MR) is 124 cm³/mol. The van der Waals surface area contributed by atoms with Crippen LogP contribution >= 0.6 is 47.2 Å². The Labute approximate surface area is 188 Å². The molecule has 0 unspecified atom stereocenters. The van der Waals surface area contributed by atoms with Crippen LogP contribution in [0.5, 0.6) is 0 Å². The zero-order valence-corrected chi connectivity index (χ0v) is 19.9. The molecule has 1 aromatic carbocycles. The number of benzene rings is 1. The van der Waals surface area contributed by atoms with Gasteiger partial charge < -0.3 is 15.2 Å². The Morgan fingerprint density at radius 2 is 1.96 bits per heavy atom. The van der Waals surface area contributed by atoms with Crippen molar-refractivity contribution in [1.29, 1.82) is 0 Å². The van der Waals surface area contributed by atoms with Crippen LogP contribution in [-0.4, -0.2) is 40.9 Å². The normalized spacial score (nSPS) is 11.9. The monoisotopic (exact) mass is 524 g/mol. The minimum absolute atomic E-state index is 0. The third-order valence-electron chi connectivity index (χ3n) is 4.28. The van der Waals surface area contributed by atoms with Crippen LogP contribution in [0, 0.1) is 0 Å². The lowest BCUT2D eigenvalue weighted by Crippen LogP contribution is -2.44. The van der Waals surface area contributed by atoms with Crippen molar-refractivity contribution < 1.29 is 0 Å². The summed E-state index contributed by atoms with van der Waals surface area (Å²) in [5.41, 5.74) is 0.988. The molecule has 1 aromatic heterocycles. The summed E-state index contributed by atoms with van der Waals surface area (Å²) in [6.45, 7) is 8.59. The Morgan fingerprint density at radius 3 is 2.59 bits per heavy atom. The maximum Gasteiger partial charge on any atom is 0.191 e. The van der Waals surface area contributed by atoms with Gasteiger partial charge in [-0.25, -0.2) is 0 Å². The molecule has 0 aliphatic rings. The first-order chi connectivity index (χ1) is 12.4. The quantitative estimate of drug-likeness (QED) is 0.327. The standard InChI is InChI=1S/C18H26Cl2N6.HI/c1-5-16-25-24-12-26(16)9-8-22-17(21-4)23-11-18(2,3)13-6-7-14(19)15(20)10-13;/h6-7,10,12H,5,8-9,11H2,1-4H3,(H2,21,22,23);1H. The molecule has 0 atom stereocenters. The summed E-state index contributed by atoms with van der Waals surface area (Å²) in [5, 5.41) is 15.9. The fraction of sp³-hybridized carbons (Fsp3) is 0.500. The van der Waals surface area contributed by atoms with E-state index in [0.717, 1.165) is 36.9 Å². The summed E-state index contributed by atoms with van der Waals surface area (Å²) in [7, 11) is 1.76. The molecule has 150 valence electrons. The van der Waals surface area contributed by atoms with Crippen LogP contribution in [0.2, 0.25) is 10.0 Å². The van der Waals surface area contributed by atoms with Gasteiger partial charge in [-0.1, -0.05) is 50.0 Å².